The van der Waals surface area contributed by atoms with Crippen molar-refractivity contribution in [2.45, 2.75) is 26.1 Å². The van der Waals surface area contributed by atoms with E-state index >= 15 is 0 Å². The van der Waals surface area contributed by atoms with Gasteiger partial charge in [0, 0.05) is 29.8 Å². The number of aryl methyl sites for hydroxylation is 1. The van der Waals surface area contributed by atoms with Gasteiger partial charge >= 0.3 is 6.18 Å². The summed E-state index contributed by atoms with van der Waals surface area (Å²) in [7, 11) is 0. The van der Waals surface area contributed by atoms with Gasteiger partial charge in [0.25, 0.3) is 0 Å². The molecule has 0 saturated carbocycles. The average molecular weight is 415 g/mol. The Labute approximate surface area is 169 Å². The van der Waals surface area contributed by atoms with E-state index in [1.807, 2.05) is 13.0 Å². The Morgan fingerprint density at radius 2 is 1.90 bits per heavy atom. The molecule has 4 aromatic rings. The van der Waals surface area contributed by atoms with Gasteiger partial charge in [0.1, 0.15) is 17.2 Å². The smallest absolute Gasteiger partial charge is 0.364 e. The number of hydrogen-bond donors (Lipinski definition) is 2. The number of nitrogens with one attached hydrogen (secondary N) is 2. The Hall–Kier alpha value is -3.49. The molecule has 4 heterocycles. The summed E-state index contributed by atoms with van der Waals surface area (Å²) in [5, 5.41) is 3.73. The molecule has 0 aliphatic heterocycles. The Morgan fingerprint density at radius 3 is 2.67 bits per heavy atom. The second-order valence-electron chi connectivity index (χ2n) is 6.91. The van der Waals surface area contributed by atoms with E-state index in [-0.39, 0.29) is 18.1 Å². The molecule has 0 saturated heterocycles. The van der Waals surface area contributed by atoms with E-state index in [0.29, 0.717) is 12.0 Å². The SMILES string of the molecule is Cc1cnc2[nH]cc(Cc3ccc(NCc4cccc(C(F)(F)F)n4)nc3F)c2c1. The standard InChI is InChI=1S/C21H17F4N5/c1-12-7-16-14(10-28-20(16)27-9-12)8-13-5-6-18(30-19(13)22)26-11-15-3-2-4-17(29-15)21(23,24)25/h2-7,9-10H,8,11H2,1H3,(H,26,30)(H,27,28). The average Bonchev–Trinajstić information content (AvgIpc) is 3.10. The number of anilines is 1. The first-order valence-corrected chi connectivity index (χ1v) is 9.14. The Balaban J connectivity index is 1.47. The summed E-state index contributed by atoms with van der Waals surface area (Å²) in [5.41, 5.74) is 2.24. The zero-order valence-electron chi connectivity index (χ0n) is 15.9. The van der Waals surface area contributed by atoms with Crippen molar-refractivity contribution in [3.05, 3.63) is 82.8 Å². The number of aromatic amines is 1. The third-order valence-corrected chi connectivity index (χ3v) is 4.61. The Kier molecular flexibility index (Phi) is 5.11. The number of pyridine rings is 3. The van der Waals surface area contributed by atoms with Gasteiger partial charge in [-0.25, -0.2) is 15.0 Å². The van der Waals surface area contributed by atoms with Crippen LogP contribution in [-0.4, -0.2) is 19.9 Å². The highest BCUT2D eigenvalue weighted by Gasteiger charge is 2.32. The number of hydrogen-bond acceptors (Lipinski definition) is 4. The van der Waals surface area contributed by atoms with E-state index in [9.17, 15) is 17.6 Å². The van der Waals surface area contributed by atoms with Crippen LogP contribution in [0, 0.1) is 12.9 Å². The van der Waals surface area contributed by atoms with Gasteiger partial charge in [-0.15, -0.1) is 0 Å². The minimum Gasteiger partial charge on any atom is -0.364 e. The number of H-pyrrole nitrogens is 1. The highest BCUT2D eigenvalue weighted by molar-refractivity contribution is 5.80. The lowest BCUT2D eigenvalue weighted by Crippen LogP contribution is -2.11. The van der Waals surface area contributed by atoms with Gasteiger partial charge < -0.3 is 10.3 Å². The molecule has 0 radical (unpaired) electrons. The van der Waals surface area contributed by atoms with Crippen LogP contribution in [0.1, 0.15) is 28.1 Å². The lowest BCUT2D eigenvalue weighted by atomic mass is 10.1. The molecule has 9 heteroatoms. The van der Waals surface area contributed by atoms with Gasteiger partial charge in [0.15, 0.2) is 0 Å². The summed E-state index contributed by atoms with van der Waals surface area (Å²) >= 11 is 0. The number of aromatic nitrogens is 4. The molecule has 4 rings (SSSR count). The summed E-state index contributed by atoms with van der Waals surface area (Å²) in [6.07, 6.45) is -0.635. The van der Waals surface area contributed by atoms with Crippen LogP contribution in [0.3, 0.4) is 0 Å². The van der Waals surface area contributed by atoms with Gasteiger partial charge in [0.05, 0.1) is 12.2 Å². The topological polar surface area (TPSA) is 66.5 Å². The largest absolute Gasteiger partial charge is 0.433 e. The molecular weight excluding hydrogens is 398 g/mol. The molecule has 30 heavy (non-hydrogen) atoms. The van der Waals surface area contributed by atoms with Crippen LogP contribution in [0.25, 0.3) is 11.0 Å². The molecule has 0 fully saturated rings. The number of rotatable bonds is 5. The van der Waals surface area contributed by atoms with Crippen molar-refractivity contribution in [1.82, 2.24) is 19.9 Å². The summed E-state index contributed by atoms with van der Waals surface area (Å²) in [6.45, 7) is 1.92. The summed E-state index contributed by atoms with van der Waals surface area (Å²) in [6, 6.07) is 8.81. The normalized spacial score (nSPS) is 11.8. The molecule has 0 spiro atoms. The molecule has 154 valence electrons. The van der Waals surface area contributed by atoms with Gasteiger partial charge in [0.2, 0.25) is 5.95 Å². The zero-order valence-corrected chi connectivity index (χ0v) is 15.9. The zero-order chi connectivity index (χ0) is 21.3. The van der Waals surface area contributed by atoms with Crippen LogP contribution in [-0.2, 0) is 19.1 Å². The van der Waals surface area contributed by atoms with E-state index in [1.165, 1.54) is 12.1 Å². The molecule has 0 bridgehead atoms. The van der Waals surface area contributed by atoms with Crippen LogP contribution in [0.15, 0.2) is 48.8 Å². The maximum absolute atomic E-state index is 14.5. The van der Waals surface area contributed by atoms with Crippen molar-refractivity contribution in [1.29, 1.82) is 0 Å². The van der Waals surface area contributed by atoms with Crippen molar-refractivity contribution in [3.8, 4) is 0 Å². The lowest BCUT2D eigenvalue weighted by Gasteiger charge is -2.10. The van der Waals surface area contributed by atoms with Crippen LogP contribution in [0.2, 0.25) is 0 Å². The fourth-order valence-corrected chi connectivity index (χ4v) is 3.12. The van der Waals surface area contributed by atoms with Crippen molar-refractivity contribution in [2.24, 2.45) is 0 Å². The first kappa shape index (κ1) is 19.8. The van der Waals surface area contributed by atoms with Crippen molar-refractivity contribution in [2.75, 3.05) is 5.32 Å². The summed E-state index contributed by atoms with van der Waals surface area (Å²) < 4.78 is 52.8. The minimum atomic E-state index is -4.52. The molecule has 4 aromatic heterocycles. The second kappa shape index (κ2) is 7.74. The first-order chi connectivity index (χ1) is 14.3. The predicted octanol–water partition coefficient (Wildman–Crippen LogP) is 5.02. The molecule has 0 aliphatic rings. The fraction of sp³-hybridized carbons (Fsp3) is 0.190. The fourth-order valence-electron chi connectivity index (χ4n) is 3.12. The van der Waals surface area contributed by atoms with Crippen LogP contribution in [0.5, 0.6) is 0 Å². The summed E-state index contributed by atoms with van der Waals surface area (Å²) in [5.74, 6) is -0.432. The minimum absolute atomic E-state index is 0.0108. The Bertz CT molecular complexity index is 1200. The van der Waals surface area contributed by atoms with Crippen LogP contribution in [0.4, 0.5) is 23.4 Å². The van der Waals surface area contributed by atoms with E-state index < -0.39 is 17.8 Å². The number of nitrogens with zero attached hydrogens (tertiary/aromatic N) is 3. The molecule has 0 unspecified atom stereocenters. The van der Waals surface area contributed by atoms with Gasteiger partial charge in [-0.05, 0) is 42.3 Å². The van der Waals surface area contributed by atoms with Crippen LogP contribution < -0.4 is 5.32 Å². The van der Waals surface area contributed by atoms with E-state index in [0.717, 1.165) is 28.2 Å². The molecule has 0 aliphatic carbocycles. The number of halogens is 4. The predicted molar refractivity (Wildman–Crippen MR) is 104 cm³/mol. The monoisotopic (exact) mass is 415 g/mol. The maximum Gasteiger partial charge on any atom is 0.433 e. The van der Waals surface area contributed by atoms with Gasteiger partial charge in [-0.3, -0.25) is 0 Å². The maximum atomic E-state index is 14.5. The highest BCUT2D eigenvalue weighted by Crippen LogP contribution is 2.27. The number of alkyl halides is 3. The summed E-state index contributed by atoms with van der Waals surface area (Å²) in [4.78, 5) is 14.8. The third-order valence-electron chi connectivity index (χ3n) is 4.61. The first-order valence-electron chi connectivity index (χ1n) is 9.14. The molecule has 0 atom stereocenters. The number of fused-ring (bicyclic) bond motifs is 1. The molecule has 2 N–H and O–H groups in total. The van der Waals surface area contributed by atoms with E-state index in [1.54, 1.807) is 24.5 Å². The van der Waals surface area contributed by atoms with Crippen molar-refractivity contribution in [3.63, 3.8) is 0 Å². The lowest BCUT2D eigenvalue weighted by molar-refractivity contribution is -0.141. The second-order valence-corrected chi connectivity index (χ2v) is 6.91. The van der Waals surface area contributed by atoms with Crippen molar-refractivity contribution >= 4 is 16.9 Å². The van der Waals surface area contributed by atoms with Gasteiger partial charge in [-0.1, -0.05) is 12.1 Å². The van der Waals surface area contributed by atoms with Crippen LogP contribution >= 0.6 is 0 Å². The van der Waals surface area contributed by atoms with E-state index in [2.05, 4.69) is 25.3 Å². The third kappa shape index (κ3) is 4.24. The molecule has 5 nitrogen and oxygen atoms in total. The van der Waals surface area contributed by atoms with Crippen molar-refractivity contribution < 1.29 is 17.6 Å². The Morgan fingerprint density at radius 1 is 1.07 bits per heavy atom. The molecule has 0 amide bonds. The van der Waals surface area contributed by atoms with Gasteiger partial charge in [-0.2, -0.15) is 17.6 Å². The highest BCUT2D eigenvalue weighted by atomic mass is 19.4. The molecular formula is C21H17F4N5. The molecule has 0 aromatic carbocycles. The quantitative estimate of drug-likeness (QED) is 0.355. The van der Waals surface area contributed by atoms with E-state index in [4.69, 9.17) is 0 Å².